The molecule has 2 N–H and O–H groups in total. The average Bonchev–Trinajstić information content (AvgIpc) is 2.47. The van der Waals surface area contributed by atoms with Crippen LogP contribution in [0.1, 0.15) is 5.56 Å². The van der Waals surface area contributed by atoms with Crippen molar-refractivity contribution in [2.24, 2.45) is 0 Å². The van der Waals surface area contributed by atoms with Crippen molar-refractivity contribution in [1.82, 2.24) is 0 Å². The third kappa shape index (κ3) is 0.943. The van der Waals surface area contributed by atoms with Crippen LogP contribution >= 0.6 is 0 Å². The van der Waals surface area contributed by atoms with Gasteiger partial charge in [0.2, 0.25) is 5.69 Å². The van der Waals surface area contributed by atoms with Crippen LogP contribution in [0.5, 0.6) is 0 Å². The number of fused-ring (bicyclic) bond motifs is 1. The summed E-state index contributed by atoms with van der Waals surface area (Å²) in [6, 6.07) is 7.59. The second-order valence-corrected chi connectivity index (χ2v) is 2.29. The zero-order valence-electron chi connectivity index (χ0n) is 5.74. The molecule has 0 saturated heterocycles. The van der Waals surface area contributed by atoms with Gasteiger partial charge < -0.3 is 0 Å². The van der Waals surface area contributed by atoms with Crippen molar-refractivity contribution in [1.29, 1.82) is 0 Å². The van der Waals surface area contributed by atoms with Gasteiger partial charge in [-0.25, -0.2) is 9.88 Å². The van der Waals surface area contributed by atoms with Crippen LogP contribution in [0.4, 0.5) is 5.69 Å². The monoisotopic (exact) mass is 149 g/mol. The second kappa shape index (κ2) is 2.45. The minimum absolute atomic E-state index is 0.459. The molecule has 1 aliphatic rings. The van der Waals surface area contributed by atoms with E-state index < -0.39 is 0 Å². The molecule has 0 spiro atoms. The summed E-state index contributed by atoms with van der Waals surface area (Å²) in [6.07, 6.45) is 2.07. The van der Waals surface area contributed by atoms with E-state index in [2.05, 4.69) is 9.88 Å². The molecule has 1 aromatic carbocycles. The predicted octanol–water partition coefficient (Wildman–Crippen LogP) is -0.147. The predicted molar refractivity (Wildman–Crippen MR) is 39.2 cm³/mol. The summed E-state index contributed by atoms with van der Waals surface area (Å²) >= 11 is 0. The molecule has 0 fully saturated rings. The summed E-state index contributed by atoms with van der Waals surface area (Å²) in [7, 11) is 0. The Morgan fingerprint density at radius 1 is 1.27 bits per heavy atom. The van der Waals surface area contributed by atoms with Gasteiger partial charge in [0.15, 0.2) is 6.21 Å². The van der Waals surface area contributed by atoms with Gasteiger partial charge in [0, 0.05) is 6.07 Å². The molecular weight excluding hydrogens is 142 g/mol. The number of hydrogen-bond acceptors (Lipinski definition) is 2. The van der Waals surface area contributed by atoms with Gasteiger partial charge in [-0.05, 0) is 6.07 Å². The van der Waals surface area contributed by atoms with E-state index in [1.54, 1.807) is 6.21 Å². The van der Waals surface area contributed by atoms with Crippen LogP contribution in [-0.4, -0.2) is 11.5 Å². The first-order chi connectivity index (χ1) is 5.42. The SMILES string of the molecule is OO[C]1C=[NH+]c2ccccc21. The first-order valence-electron chi connectivity index (χ1n) is 3.29. The number of rotatable bonds is 1. The normalized spacial score (nSPS) is 15.4. The molecule has 0 amide bonds. The third-order valence-electron chi connectivity index (χ3n) is 1.65. The maximum Gasteiger partial charge on any atom is 0.256 e. The molecule has 0 aliphatic carbocycles. The van der Waals surface area contributed by atoms with E-state index in [4.69, 9.17) is 5.26 Å². The van der Waals surface area contributed by atoms with Gasteiger partial charge in [-0.15, -0.1) is 0 Å². The molecule has 2 rings (SSSR count). The quantitative estimate of drug-likeness (QED) is 0.431. The average molecular weight is 149 g/mol. The van der Waals surface area contributed by atoms with Crippen molar-refractivity contribution < 1.29 is 15.1 Å². The minimum Gasteiger partial charge on any atom is -0.250 e. The lowest BCUT2D eigenvalue weighted by atomic mass is 10.1. The fourth-order valence-corrected chi connectivity index (χ4v) is 1.12. The Bertz CT molecular complexity index is 296. The van der Waals surface area contributed by atoms with Crippen molar-refractivity contribution in [3.05, 3.63) is 35.9 Å². The molecule has 1 aliphatic heterocycles. The zero-order chi connectivity index (χ0) is 7.68. The fourth-order valence-electron chi connectivity index (χ4n) is 1.12. The van der Waals surface area contributed by atoms with Crippen molar-refractivity contribution in [2.45, 2.75) is 0 Å². The Kier molecular flexibility index (Phi) is 1.45. The van der Waals surface area contributed by atoms with E-state index in [1.165, 1.54) is 0 Å². The van der Waals surface area contributed by atoms with Crippen LogP contribution in [0, 0.1) is 6.10 Å². The van der Waals surface area contributed by atoms with Gasteiger partial charge in [-0.3, -0.25) is 5.26 Å². The van der Waals surface area contributed by atoms with E-state index in [-0.39, 0.29) is 0 Å². The van der Waals surface area contributed by atoms with Crippen LogP contribution < -0.4 is 4.99 Å². The highest BCUT2D eigenvalue weighted by molar-refractivity contribution is 5.80. The summed E-state index contributed by atoms with van der Waals surface area (Å²) in [5.74, 6) is 0. The Labute approximate surface area is 63.9 Å². The van der Waals surface area contributed by atoms with E-state index in [1.807, 2.05) is 24.3 Å². The number of para-hydroxylation sites is 1. The standard InChI is InChI=1S/C8H6NO2/c10-11-8-5-9-7-4-2-1-3-6(7)8/h1-5,10H/p+1. The lowest BCUT2D eigenvalue weighted by Gasteiger charge is -1.96. The summed E-state index contributed by atoms with van der Waals surface area (Å²) in [6.45, 7) is 0. The molecule has 0 unspecified atom stereocenters. The van der Waals surface area contributed by atoms with Crippen LogP contribution in [0.15, 0.2) is 24.3 Å². The minimum atomic E-state index is 0.459. The van der Waals surface area contributed by atoms with Crippen LogP contribution in [-0.2, 0) is 4.89 Å². The molecule has 0 aromatic heterocycles. The van der Waals surface area contributed by atoms with Gasteiger partial charge >= 0.3 is 0 Å². The Hall–Kier alpha value is -1.19. The summed E-state index contributed by atoms with van der Waals surface area (Å²) in [5.41, 5.74) is 1.84. The second-order valence-electron chi connectivity index (χ2n) is 2.29. The van der Waals surface area contributed by atoms with Gasteiger partial charge in [0.25, 0.3) is 6.10 Å². The van der Waals surface area contributed by atoms with Gasteiger partial charge in [0.05, 0.1) is 5.56 Å². The van der Waals surface area contributed by atoms with E-state index in [0.29, 0.717) is 6.10 Å². The highest BCUT2D eigenvalue weighted by Crippen LogP contribution is 2.20. The molecule has 55 valence electrons. The van der Waals surface area contributed by atoms with E-state index in [0.717, 1.165) is 11.3 Å². The molecule has 3 heteroatoms. The van der Waals surface area contributed by atoms with Crippen LogP contribution in [0.3, 0.4) is 0 Å². The van der Waals surface area contributed by atoms with Crippen molar-refractivity contribution >= 4 is 11.9 Å². The lowest BCUT2D eigenvalue weighted by Crippen LogP contribution is -2.59. The Morgan fingerprint density at radius 2 is 2.09 bits per heavy atom. The maximum absolute atomic E-state index is 8.40. The summed E-state index contributed by atoms with van der Waals surface area (Å²) < 4.78 is 0. The smallest absolute Gasteiger partial charge is 0.250 e. The molecular formula is C8H7NO2+. The Morgan fingerprint density at radius 3 is 2.91 bits per heavy atom. The first-order valence-corrected chi connectivity index (χ1v) is 3.29. The molecule has 0 bridgehead atoms. The first kappa shape index (κ1) is 6.52. The van der Waals surface area contributed by atoms with Gasteiger partial charge in [-0.1, -0.05) is 12.1 Å². The van der Waals surface area contributed by atoms with E-state index >= 15 is 0 Å². The largest absolute Gasteiger partial charge is 0.256 e. The molecule has 1 radical (unpaired) electrons. The molecule has 1 aromatic rings. The molecule has 3 nitrogen and oxygen atoms in total. The number of benzene rings is 1. The summed E-state index contributed by atoms with van der Waals surface area (Å²) in [5, 5.41) is 8.40. The lowest BCUT2D eigenvalue weighted by molar-refractivity contribution is -0.345. The maximum atomic E-state index is 8.40. The molecule has 0 saturated carbocycles. The molecule has 1 heterocycles. The van der Waals surface area contributed by atoms with Crippen LogP contribution in [0.2, 0.25) is 0 Å². The van der Waals surface area contributed by atoms with Gasteiger partial charge in [0.1, 0.15) is 0 Å². The van der Waals surface area contributed by atoms with Crippen LogP contribution in [0.25, 0.3) is 0 Å². The molecule has 0 atom stereocenters. The summed E-state index contributed by atoms with van der Waals surface area (Å²) in [4.78, 5) is 7.09. The fraction of sp³-hybridized carbons (Fsp3) is 0. The highest BCUT2D eigenvalue weighted by Gasteiger charge is 2.26. The van der Waals surface area contributed by atoms with Gasteiger partial charge in [-0.2, -0.15) is 0 Å². The van der Waals surface area contributed by atoms with E-state index in [9.17, 15) is 0 Å². The Balaban J connectivity index is 2.46. The third-order valence-corrected chi connectivity index (χ3v) is 1.65. The number of nitrogens with one attached hydrogen (secondary N) is 1. The molecule has 11 heavy (non-hydrogen) atoms. The topological polar surface area (TPSA) is 43.4 Å². The van der Waals surface area contributed by atoms with Crippen molar-refractivity contribution in [3.8, 4) is 0 Å². The van der Waals surface area contributed by atoms with Crippen molar-refractivity contribution in [3.63, 3.8) is 0 Å². The zero-order valence-corrected chi connectivity index (χ0v) is 5.74. The van der Waals surface area contributed by atoms with Crippen molar-refractivity contribution in [2.75, 3.05) is 0 Å². The highest BCUT2D eigenvalue weighted by atomic mass is 17.1. The number of hydrogen-bond donors (Lipinski definition) is 2.